The normalized spacial score (nSPS) is 11.1. The van der Waals surface area contributed by atoms with Crippen molar-refractivity contribution in [3.63, 3.8) is 0 Å². The highest BCUT2D eigenvalue weighted by Crippen LogP contribution is 2.16. The second-order valence-electron chi connectivity index (χ2n) is 19.9. The summed E-state index contributed by atoms with van der Waals surface area (Å²) >= 11 is 0. The number of hydrogen-bond acceptors (Lipinski definition) is 23. The zero-order valence-electron chi connectivity index (χ0n) is 49.4. The summed E-state index contributed by atoms with van der Waals surface area (Å²) in [5, 5.41) is 35.4. The molecule has 0 saturated heterocycles. The van der Waals surface area contributed by atoms with Crippen molar-refractivity contribution in [2.75, 3.05) is 81.2 Å². The number of hydrogen-bond donors (Lipinski definition) is 22. The van der Waals surface area contributed by atoms with Gasteiger partial charge in [-0.05, 0) is 66.7 Å². The van der Waals surface area contributed by atoms with Crippen LogP contribution in [0.2, 0.25) is 0 Å². The molecule has 0 bridgehead atoms. The molecule has 0 aliphatic heterocycles. The van der Waals surface area contributed by atoms with Gasteiger partial charge < -0.3 is 95.1 Å². The van der Waals surface area contributed by atoms with Gasteiger partial charge in [0, 0.05) is 70.3 Å². The van der Waals surface area contributed by atoms with Crippen LogP contribution in [0.1, 0.15) is 93.5 Å². The molecule has 10 heterocycles. The third kappa shape index (κ3) is 19.7. The lowest BCUT2D eigenvalue weighted by atomic mass is 10.2. The minimum absolute atomic E-state index is 0.0188. The molecule has 10 rings (SSSR count). The van der Waals surface area contributed by atoms with Crippen molar-refractivity contribution in [3.05, 3.63) is 111 Å². The largest absolute Gasteiger partial charge is 0.480 e. The lowest BCUT2D eigenvalue weighted by Gasteiger charge is -2.04. The highest BCUT2D eigenvalue weighted by Gasteiger charge is 2.14. The standard InChI is InChI=1S/C13H21N5O.C11H17N5O3.C11H17N5O.C10H15N5O.C9H11N5O3/c1-2-3-4-5-6-15-7-9-8-16-11-10(9)12(19)18-13(14)17-11;12-11-15-9-8(10(18)16-11)7(6-14-9)5-13-1-3-19-4-2-17;1-2-3-4-13-5-7-6-14-9-8(7)10(17)16-11(12)15-9;1-2-3-12-4-6-5-13-8-7(6)9(16)15-10(11)14-8;10-9-13-7-6(8(17)14-9)4(2-12-7)1-11-3-5(15)16/h8,15H,2-7H2,1H3,(H4,14,16,17,18,19);6,13,17H,1-5H2,(H4,12,14,15,16,18);6,13H,2-5H2,1H3,(H4,12,14,15,16,17);5,12H,2-4H2,1H3,(H4,11,13,14,15,16);2,11H,1,3H2,(H,15,16)(H4,10,12,13,14,17). The van der Waals surface area contributed by atoms with Crippen molar-refractivity contribution >= 4 is 90.9 Å². The summed E-state index contributed by atoms with van der Waals surface area (Å²) in [6.07, 6.45) is 17.0. The number of aromatic amines is 10. The van der Waals surface area contributed by atoms with E-state index in [1.54, 1.807) is 24.8 Å². The second-order valence-corrected chi connectivity index (χ2v) is 19.9. The minimum Gasteiger partial charge on any atom is -0.480 e. The lowest BCUT2D eigenvalue weighted by Crippen LogP contribution is -2.22. The fourth-order valence-corrected chi connectivity index (χ4v) is 8.96. The third-order valence-electron chi connectivity index (χ3n) is 13.1. The number of fused-ring (bicyclic) bond motifs is 5. The highest BCUT2D eigenvalue weighted by atomic mass is 16.5. The number of H-pyrrole nitrogens is 10. The molecule has 0 amide bonds. The van der Waals surface area contributed by atoms with Crippen LogP contribution in [0.3, 0.4) is 0 Å². The second kappa shape index (κ2) is 34.4. The van der Waals surface area contributed by atoms with Crippen LogP contribution in [0, 0.1) is 0 Å². The SMILES string of the molecule is CCCCCCNCc1c[nH]c2nc(N)[nH]c(=O)c12.CCCCNCc1c[nH]c2nc(N)[nH]c(=O)c12.CCCNCc1c[nH]c2nc(N)[nH]c(=O)c12.Nc1nc2[nH]cc(CNCC(=O)O)c2c(=O)[nH]1.Nc1nc2[nH]cc(CNCCOCCO)c2c(=O)[nH]1. The molecule has 0 aromatic carbocycles. The fourth-order valence-electron chi connectivity index (χ4n) is 8.96. The number of nitrogen functional groups attached to an aromatic ring is 5. The minimum atomic E-state index is -0.957. The van der Waals surface area contributed by atoms with Crippen molar-refractivity contribution in [1.82, 2.24) is 101 Å². The van der Waals surface area contributed by atoms with Gasteiger partial charge in [0.15, 0.2) is 0 Å². The van der Waals surface area contributed by atoms with Gasteiger partial charge in [-0.2, -0.15) is 24.9 Å². The van der Waals surface area contributed by atoms with E-state index in [1.165, 1.54) is 19.3 Å². The van der Waals surface area contributed by atoms with Gasteiger partial charge in [-0.15, -0.1) is 0 Å². The van der Waals surface area contributed by atoms with Crippen molar-refractivity contribution < 1.29 is 19.7 Å². The molecular formula is C54H81N25O9. The Balaban J connectivity index is 0.000000176. The molecule has 0 atom stereocenters. The molecular weight excluding hydrogens is 1140 g/mol. The van der Waals surface area contributed by atoms with Crippen LogP contribution in [0.15, 0.2) is 55.0 Å². The Morgan fingerprint density at radius 1 is 0.420 bits per heavy atom. The zero-order chi connectivity index (χ0) is 63.5. The van der Waals surface area contributed by atoms with Crippen LogP contribution in [0.5, 0.6) is 0 Å². The van der Waals surface area contributed by atoms with Crippen LogP contribution >= 0.6 is 0 Å². The number of aliphatic hydroxyl groups is 1. The van der Waals surface area contributed by atoms with Gasteiger partial charge in [-0.25, -0.2) is 0 Å². The van der Waals surface area contributed by atoms with Crippen molar-refractivity contribution in [2.24, 2.45) is 0 Å². The van der Waals surface area contributed by atoms with Crippen molar-refractivity contribution in [3.8, 4) is 0 Å². The average Bonchev–Trinajstić information content (AvgIpc) is 3.54. The van der Waals surface area contributed by atoms with Gasteiger partial charge in [0.2, 0.25) is 29.7 Å². The number of nitrogens with one attached hydrogen (secondary N) is 15. The number of carboxylic acid groups (broad SMARTS) is 1. The van der Waals surface area contributed by atoms with E-state index in [9.17, 15) is 28.8 Å². The predicted molar refractivity (Wildman–Crippen MR) is 339 cm³/mol. The third-order valence-corrected chi connectivity index (χ3v) is 13.1. The van der Waals surface area contributed by atoms with Gasteiger partial charge >= 0.3 is 5.97 Å². The summed E-state index contributed by atoms with van der Waals surface area (Å²) in [6.45, 7) is 13.4. The maximum atomic E-state index is 11.8. The van der Waals surface area contributed by atoms with E-state index >= 15 is 0 Å². The number of aromatic nitrogens is 15. The van der Waals surface area contributed by atoms with E-state index in [-0.39, 0.29) is 77.2 Å². The van der Waals surface area contributed by atoms with E-state index in [2.05, 4.69) is 122 Å². The van der Waals surface area contributed by atoms with Crippen LogP contribution in [-0.4, -0.2) is 143 Å². The number of unbranched alkanes of at least 4 members (excludes halogenated alkanes) is 4. The molecule has 0 spiro atoms. The van der Waals surface area contributed by atoms with E-state index in [0.29, 0.717) is 107 Å². The summed E-state index contributed by atoms with van der Waals surface area (Å²) in [4.78, 5) is 116. The molecule has 0 aliphatic rings. The fraction of sp³-hybridized carbons (Fsp3) is 0.426. The predicted octanol–water partition coefficient (Wildman–Crippen LogP) is 0.499. The number of ether oxygens (including phenoxy) is 1. The van der Waals surface area contributed by atoms with Crippen molar-refractivity contribution in [1.29, 1.82) is 0 Å². The Hall–Kier alpha value is -9.71. The Kier molecular flexibility index (Phi) is 26.4. The first kappa shape index (κ1) is 67.4. The first-order valence-corrected chi connectivity index (χ1v) is 28.7. The molecule has 0 aliphatic carbocycles. The van der Waals surface area contributed by atoms with Crippen LogP contribution < -0.4 is 83.0 Å². The molecule has 34 nitrogen and oxygen atoms in total. The first-order chi connectivity index (χ1) is 42.5. The number of rotatable bonds is 27. The topological polar surface area (TPSA) is 565 Å². The summed E-state index contributed by atoms with van der Waals surface area (Å²) in [5.74, 6) is -0.424. The van der Waals surface area contributed by atoms with Gasteiger partial charge in [-0.1, -0.05) is 46.5 Å². The van der Waals surface area contributed by atoms with Crippen LogP contribution in [0.4, 0.5) is 29.7 Å². The summed E-state index contributed by atoms with van der Waals surface area (Å²) < 4.78 is 5.11. The molecule has 10 aromatic rings. The Labute approximate surface area is 500 Å². The Morgan fingerprint density at radius 3 is 1.03 bits per heavy atom. The van der Waals surface area contributed by atoms with Crippen molar-refractivity contribution in [2.45, 2.75) is 98.4 Å². The summed E-state index contributed by atoms with van der Waals surface area (Å²) in [6, 6.07) is 0. The van der Waals surface area contributed by atoms with E-state index < -0.39 is 5.97 Å². The van der Waals surface area contributed by atoms with Gasteiger partial charge in [0.25, 0.3) is 27.8 Å². The maximum absolute atomic E-state index is 11.8. The lowest BCUT2D eigenvalue weighted by molar-refractivity contribution is -0.136. The number of aliphatic carboxylic acids is 1. The molecule has 0 radical (unpaired) electrons. The molecule has 10 aromatic heterocycles. The maximum Gasteiger partial charge on any atom is 0.317 e. The molecule has 0 unspecified atom stereocenters. The molecule has 0 saturated carbocycles. The smallest absolute Gasteiger partial charge is 0.317 e. The average molecular weight is 1220 g/mol. The summed E-state index contributed by atoms with van der Waals surface area (Å²) in [5.41, 5.74) is 32.8. The number of nitrogens with two attached hydrogens (primary N) is 5. The monoisotopic (exact) mass is 1220 g/mol. The van der Waals surface area contributed by atoms with Gasteiger partial charge in [0.1, 0.15) is 28.2 Å². The Bertz CT molecular complexity index is 4000. The number of carbonyl (C=O) groups is 1. The van der Waals surface area contributed by atoms with Gasteiger partial charge in [-0.3, -0.25) is 53.7 Å². The molecule has 0 fully saturated rings. The number of anilines is 5. The quantitative estimate of drug-likeness (QED) is 0.0312. The molecule has 27 N–H and O–H groups in total. The van der Waals surface area contributed by atoms with Crippen LogP contribution in [-0.2, 0) is 42.3 Å². The number of nitrogens with zero attached hydrogens (tertiary/aromatic N) is 5. The van der Waals surface area contributed by atoms with Gasteiger partial charge in [0.05, 0.1) is 53.3 Å². The first-order valence-electron chi connectivity index (χ1n) is 28.7. The van der Waals surface area contributed by atoms with Crippen LogP contribution in [0.25, 0.3) is 55.2 Å². The van der Waals surface area contributed by atoms with E-state index in [1.807, 2.05) is 6.20 Å². The summed E-state index contributed by atoms with van der Waals surface area (Å²) in [7, 11) is 0. The Morgan fingerprint density at radius 2 is 0.727 bits per heavy atom. The molecule has 34 heteroatoms. The zero-order valence-corrected chi connectivity index (χ0v) is 49.4. The molecule has 88 heavy (non-hydrogen) atoms. The number of carboxylic acids is 1. The molecule has 476 valence electrons. The van der Waals surface area contributed by atoms with E-state index in [4.69, 9.17) is 43.6 Å². The number of aliphatic hydroxyl groups excluding tert-OH is 1. The van der Waals surface area contributed by atoms with E-state index in [0.717, 1.165) is 67.6 Å². The highest BCUT2D eigenvalue weighted by molar-refractivity contribution is 5.82.